The highest BCUT2D eigenvalue weighted by atomic mass is 79.9. The number of carboxylic acids is 1. The molecular formula is C11H8BrN3O3S. The first kappa shape index (κ1) is 13.6. The van der Waals surface area contributed by atoms with Crippen LogP contribution in [-0.4, -0.2) is 21.0 Å². The molecule has 0 fully saturated rings. The predicted octanol–water partition coefficient (Wildman–Crippen LogP) is 1.96. The number of nitrogen functional groups attached to an aromatic ring is 1. The summed E-state index contributed by atoms with van der Waals surface area (Å²) in [5, 5.41) is 9.38. The third-order valence-corrected chi connectivity index (χ3v) is 3.80. The van der Waals surface area contributed by atoms with Gasteiger partial charge in [0, 0.05) is 9.37 Å². The number of nitrogens with zero attached hydrogens (tertiary/aromatic N) is 1. The average molecular weight is 342 g/mol. The van der Waals surface area contributed by atoms with Gasteiger partial charge in [0.05, 0.1) is 11.9 Å². The minimum absolute atomic E-state index is 0.0381. The summed E-state index contributed by atoms with van der Waals surface area (Å²) in [7, 11) is 0. The van der Waals surface area contributed by atoms with Crippen molar-refractivity contribution in [1.29, 1.82) is 0 Å². The normalized spacial score (nSPS) is 10.4. The van der Waals surface area contributed by atoms with Crippen molar-refractivity contribution in [2.75, 3.05) is 5.73 Å². The number of aromatic nitrogens is 2. The van der Waals surface area contributed by atoms with Crippen molar-refractivity contribution in [2.24, 2.45) is 0 Å². The van der Waals surface area contributed by atoms with Crippen LogP contribution in [0.5, 0.6) is 0 Å². The molecule has 6 nitrogen and oxygen atoms in total. The molecule has 1 heterocycles. The second kappa shape index (κ2) is 5.45. The molecule has 98 valence electrons. The van der Waals surface area contributed by atoms with Gasteiger partial charge in [0.2, 0.25) is 0 Å². The molecular weight excluding hydrogens is 334 g/mol. The minimum atomic E-state index is -1.06. The maximum Gasteiger partial charge on any atom is 0.336 e. The van der Waals surface area contributed by atoms with Crippen molar-refractivity contribution in [3.63, 3.8) is 0 Å². The molecule has 1 aromatic heterocycles. The van der Waals surface area contributed by atoms with Gasteiger partial charge in [-0.2, -0.15) is 0 Å². The van der Waals surface area contributed by atoms with Crippen LogP contribution in [0.25, 0.3) is 0 Å². The molecule has 0 saturated heterocycles. The monoisotopic (exact) mass is 341 g/mol. The fraction of sp³-hybridized carbons (Fsp3) is 0. The van der Waals surface area contributed by atoms with Crippen LogP contribution in [0.2, 0.25) is 0 Å². The Bertz CT molecular complexity index is 702. The number of nitrogens with two attached hydrogens (primary N) is 1. The molecule has 0 bridgehead atoms. The highest BCUT2D eigenvalue weighted by molar-refractivity contribution is 9.10. The van der Waals surface area contributed by atoms with Crippen LogP contribution in [0.15, 0.2) is 43.7 Å². The summed E-state index contributed by atoms with van der Waals surface area (Å²) in [5.74, 6) is -1.06. The number of rotatable bonds is 3. The van der Waals surface area contributed by atoms with Gasteiger partial charge in [0.25, 0.3) is 5.56 Å². The number of carboxylic acid groups (broad SMARTS) is 1. The number of H-pyrrole nitrogens is 1. The second-order valence-electron chi connectivity index (χ2n) is 3.50. The third-order valence-electron chi connectivity index (χ3n) is 2.23. The third kappa shape index (κ3) is 2.96. The number of nitrogens with one attached hydrogen (secondary N) is 1. The number of aromatic amines is 1. The topological polar surface area (TPSA) is 109 Å². The summed E-state index contributed by atoms with van der Waals surface area (Å²) in [5.41, 5.74) is 5.24. The largest absolute Gasteiger partial charge is 0.478 e. The second-order valence-corrected chi connectivity index (χ2v) is 5.44. The van der Waals surface area contributed by atoms with Crippen molar-refractivity contribution in [2.45, 2.75) is 9.92 Å². The molecule has 0 spiro atoms. The number of anilines is 1. The number of hydrogen-bond donors (Lipinski definition) is 3. The lowest BCUT2D eigenvalue weighted by Gasteiger charge is -2.07. The van der Waals surface area contributed by atoms with E-state index in [1.807, 2.05) is 0 Å². The highest BCUT2D eigenvalue weighted by Gasteiger charge is 2.14. The van der Waals surface area contributed by atoms with E-state index in [9.17, 15) is 9.59 Å². The summed E-state index contributed by atoms with van der Waals surface area (Å²) in [4.78, 5) is 29.2. The van der Waals surface area contributed by atoms with Crippen molar-refractivity contribution in [1.82, 2.24) is 9.97 Å². The van der Waals surface area contributed by atoms with E-state index in [-0.39, 0.29) is 16.3 Å². The molecule has 4 N–H and O–H groups in total. The van der Waals surface area contributed by atoms with Gasteiger partial charge in [0.1, 0.15) is 10.7 Å². The van der Waals surface area contributed by atoms with E-state index in [0.717, 1.165) is 16.2 Å². The summed E-state index contributed by atoms with van der Waals surface area (Å²) >= 11 is 4.30. The number of halogens is 1. The van der Waals surface area contributed by atoms with E-state index < -0.39 is 11.5 Å². The maximum absolute atomic E-state index is 11.4. The Morgan fingerprint density at radius 1 is 1.47 bits per heavy atom. The molecule has 0 aliphatic heterocycles. The van der Waals surface area contributed by atoms with Crippen molar-refractivity contribution < 1.29 is 9.90 Å². The van der Waals surface area contributed by atoms with Crippen LogP contribution >= 0.6 is 27.7 Å². The molecule has 0 unspecified atom stereocenters. The molecule has 0 amide bonds. The zero-order chi connectivity index (χ0) is 14.0. The van der Waals surface area contributed by atoms with Crippen molar-refractivity contribution in [3.8, 4) is 0 Å². The first-order valence-electron chi connectivity index (χ1n) is 5.03. The van der Waals surface area contributed by atoms with E-state index in [1.165, 1.54) is 12.4 Å². The lowest BCUT2D eigenvalue weighted by molar-refractivity contribution is 0.0693. The molecule has 19 heavy (non-hydrogen) atoms. The van der Waals surface area contributed by atoms with Crippen LogP contribution in [-0.2, 0) is 0 Å². The van der Waals surface area contributed by atoms with Crippen LogP contribution < -0.4 is 11.3 Å². The zero-order valence-electron chi connectivity index (χ0n) is 9.38. The molecule has 0 radical (unpaired) electrons. The molecule has 0 aliphatic carbocycles. The Balaban J connectivity index is 2.48. The molecule has 8 heteroatoms. The fourth-order valence-electron chi connectivity index (χ4n) is 1.34. The first-order valence-corrected chi connectivity index (χ1v) is 6.64. The number of hydrogen-bond acceptors (Lipinski definition) is 5. The van der Waals surface area contributed by atoms with Gasteiger partial charge in [-0.25, -0.2) is 9.78 Å². The van der Waals surface area contributed by atoms with E-state index in [0.29, 0.717) is 4.90 Å². The Hall–Kier alpha value is -1.80. The van der Waals surface area contributed by atoms with Gasteiger partial charge in [-0.3, -0.25) is 4.79 Å². The van der Waals surface area contributed by atoms with E-state index in [4.69, 9.17) is 10.8 Å². The fourth-order valence-corrected chi connectivity index (χ4v) is 2.82. The van der Waals surface area contributed by atoms with Gasteiger partial charge >= 0.3 is 5.97 Å². The number of aromatic carboxylic acids is 1. The summed E-state index contributed by atoms with van der Waals surface area (Å²) in [6, 6.07) is 4.73. The number of benzene rings is 1. The molecule has 0 atom stereocenters. The van der Waals surface area contributed by atoms with Gasteiger partial charge in [-0.15, -0.1) is 0 Å². The van der Waals surface area contributed by atoms with Gasteiger partial charge in [-0.05, 0) is 18.2 Å². The Morgan fingerprint density at radius 3 is 2.89 bits per heavy atom. The predicted molar refractivity (Wildman–Crippen MR) is 74.5 cm³/mol. The first-order chi connectivity index (χ1) is 8.99. The molecule has 2 aromatic rings. The molecule has 2 rings (SSSR count). The van der Waals surface area contributed by atoms with Crippen molar-refractivity contribution >= 4 is 39.3 Å². The van der Waals surface area contributed by atoms with Gasteiger partial charge < -0.3 is 15.8 Å². The van der Waals surface area contributed by atoms with Gasteiger partial charge in [-0.1, -0.05) is 27.7 Å². The Kier molecular flexibility index (Phi) is 3.91. The van der Waals surface area contributed by atoms with Crippen LogP contribution in [0.1, 0.15) is 10.4 Å². The number of carbonyl (C=O) groups is 1. The SMILES string of the molecule is Nc1c(Sc2cc(Br)ccc2C(=O)O)nc[nH]c1=O. The van der Waals surface area contributed by atoms with E-state index in [1.54, 1.807) is 12.1 Å². The molecule has 0 saturated carbocycles. The van der Waals surface area contributed by atoms with Crippen molar-refractivity contribution in [3.05, 3.63) is 44.9 Å². The average Bonchev–Trinajstić information content (AvgIpc) is 2.35. The molecule has 0 aliphatic rings. The Morgan fingerprint density at radius 2 is 2.21 bits per heavy atom. The standard InChI is InChI=1S/C11H8BrN3O3S/c12-5-1-2-6(11(17)18)7(3-5)19-10-8(13)9(16)14-4-15-10/h1-4H,13H2,(H,17,18)(H,14,15,16). The smallest absolute Gasteiger partial charge is 0.336 e. The maximum atomic E-state index is 11.4. The van der Waals surface area contributed by atoms with Crippen LogP contribution in [0.4, 0.5) is 5.69 Å². The zero-order valence-corrected chi connectivity index (χ0v) is 11.8. The molecule has 1 aromatic carbocycles. The van der Waals surface area contributed by atoms with Gasteiger partial charge in [0.15, 0.2) is 0 Å². The quantitative estimate of drug-likeness (QED) is 0.736. The summed E-state index contributed by atoms with van der Waals surface area (Å²) in [6.07, 6.45) is 1.22. The van der Waals surface area contributed by atoms with Crippen LogP contribution in [0, 0.1) is 0 Å². The van der Waals surface area contributed by atoms with E-state index >= 15 is 0 Å². The lowest BCUT2D eigenvalue weighted by atomic mass is 10.2. The minimum Gasteiger partial charge on any atom is -0.478 e. The van der Waals surface area contributed by atoms with Crippen LogP contribution in [0.3, 0.4) is 0 Å². The van der Waals surface area contributed by atoms with E-state index in [2.05, 4.69) is 25.9 Å². The summed E-state index contributed by atoms with van der Waals surface area (Å²) < 4.78 is 0.725. The Labute approximate surface area is 120 Å². The summed E-state index contributed by atoms with van der Waals surface area (Å²) in [6.45, 7) is 0. The highest BCUT2D eigenvalue weighted by Crippen LogP contribution is 2.33. The lowest BCUT2D eigenvalue weighted by Crippen LogP contribution is -2.13.